The molecule has 1 rings (SSSR count). The number of hydrogen-bond donors (Lipinski definition) is 2. The van der Waals surface area contributed by atoms with Gasteiger partial charge < -0.3 is 10.4 Å². The third-order valence-corrected chi connectivity index (χ3v) is 3.25. The van der Waals surface area contributed by atoms with Crippen LogP contribution in [0.5, 0.6) is 0 Å². The highest BCUT2D eigenvalue weighted by molar-refractivity contribution is 5.93. The van der Waals surface area contributed by atoms with E-state index in [1.54, 1.807) is 18.5 Å². The predicted molar refractivity (Wildman–Crippen MR) is 67.4 cm³/mol. The topological polar surface area (TPSA) is 62.2 Å². The molecular weight excluding hydrogens is 216 g/mol. The van der Waals surface area contributed by atoms with E-state index < -0.39 is 0 Å². The number of pyridine rings is 1. The Labute approximate surface area is 102 Å². The molecule has 0 saturated carbocycles. The van der Waals surface area contributed by atoms with E-state index in [1.807, 2.05) is 6.92 Å². The number of amides is 1. The van der Waals surface area contributed by atoms with Crippen molar-refractivity contribution < 1.29 is 9.90 Å². The van der Waals surface area contributed by atoms with Crippen LogP contribution in [0.1, 0.15) is 32.8 Å². The lowest BCUT2D eigenvalue weighted by atomic mass is 9.93. The average molecular weight is 236 g/mol. The molecule has 2 atom stereocenters. The maximum Gasteiger partial charge on any atom is 0.227 e. The van der Waals surface area contributed by atoms with E-state index in [0.29, 0.717) is 17.2 Å². The molecule has 0 spiro atoms. The third kappa shape index (κ3) is 3.53. The molecule has 94 valence electrons. The van der Waals surface area contributed by atoms with E-state index >= 15 is 0 Å². The molecule has 0 radical (unpaired) electrons. The van der Waals surface area contributed by atoms with Crippen LogP contribution in [0.2, 0.25) is 0 Å². The second kappa shape index (κ2) is 6.35. The molecule has 1 aromatic rings. The van der Waals surface area contributed by atoms with Crippen molar-refractivity contribution in [1.82, 2.24) is 4.98 Å². The molecule has 2 unspecified atom stereocenters. The van der Waals surface area contributed by atoms with Gasteiger partial charge in [0, 0.05) is 17.7 Å². The molecule has 4 heteroatoms. The number of anilines is 1. The van der Waals surface area contributed by atoms with Crippen LogP contribution in [-0.4, -0.2) is 16.0 Å². The number of hydrogen-bond acceptors (Lipinski definition) is 3. The lowest BCUT2D eigenvalue weighted by Crippen LogP contribution is -2.26. The maximum atomic E-state index is 12.0. The van der Waals surface area contributed by atoms with Gasteiger partial charge in [-0.15, -0.1) is 0 Å². The first-order chi connectivity index (χ1) is 8.10. The van der Waals surface area contributed by atoms with Crippen molar-refractivity contribution in [3.05, 3.63) is 24.0 Å². The highest BCUT2D eigenvalue weighted by atomic mass is 16.3. The first kappa shape index (κ1) is 13.6. The van der Waals surface area contributed by atoms with E-state index in [4.69, 9.17) is 5.11 Å². The SMILES string of the molecule is CCC(C)C(C)C(=O)Nc1cnccc1CO. The van der Waals surface area contributed by atoms with E-state index in [-0.39, 0.29) is 18.4 Å². The number of nitrogens with zero attached hydrogens (tertiary/aromatic N) is 1. The fraction of sp³-hybridized carbons (Fsp3) is 0.538. The van der Waals surface area contributed by atoms with Crippen LogP contribution < -0.4 is 5.32 Å². The van der Waals surface area contributed by atoms with Crippen molar-refractivity contribution in [2.24, 2.45) is 11.8 Å². The van der Waals surface area contributed by atoms with E-state index in [1.165, 1.54) is 0 Å². The molecule has 1 heterocycles. The van der Waals surface area contributed by atoms with Gasteiger partial charge in [-0.1, -0.05) is 27.2 Å². The van der Waals surface area contributed by atoms with Gasteiger partial charge in [0.15, 0.2) is 0 Å². The van der Waals surface area contributed by atoms with Crippen LogP contribution in [0.3, 0.4) is 0 Å². The van der Waals surface area contributed by atoms with Crippen LogP contribution in [0.4, 0.5) is 5.69 Å². The van der Waals surface area contributed by atoms with Crippen LogP contribution in [0, 0.1) is 11.8 Å². The lowest BCUT2D eigenvalue weighted by Gasteiger charge is -2.18. The number of rotatable bonds is 5. The quantitative estimate of drug-likeness (QED) is 0.823. The molecular formula is C13H20N2O2. The minimum absolute atomic E-state index is 0.0259. The van der Waals surface area contributed by atoms with Gasteiger partial charge >= 0.3 is 0 Å². The first-order valence-electron chi connectivity index (χ1n) is 5.94. The summed E-state index contributed by atoms with van der Waals surface area (Å²) in [5.41, 5.74) is 1.28. The van der Waals surface area contributed by atoms with Gasteiger partial charge in [-0.25, -0.2) is 0 Å². The van der Waals surface area contributed by atoms with Crippen molar-refractivity contribution in [3.63, 3.8) is 0 Å². The normalized spacial score (nSPS) is 14.1. The molecule has 17 heavy (non-hydrogen) atoms. The predicted octanol–water partition coefficient (Wildman–Crippen LogP) is 2.19. The van der Waals surface area contributed by atoms with Gasteiger partial charge in [-0.2, -0.15) is 0 Å². The number of aliphatic hydroxyl groups excluding tert-OH is 1. The third-order valence-electron chi connectivity index (χ3n) is 3.25. The largest absolute Gasteiger partial charge is 0.392 e. The van der Waals surface area contributed by atoms with E-state index in [0.717, 1.165) is 6.42 Å². The molecule has 0 fully saturated rings. The van der Waals surface area contributed by atoms with Gasteiger partial charge in [0.2, 0.25) is 5.91 Å². The van der Waals surface area contributed by atoms with Crippen LogP contribution in [0.25, 0.3) is 0 Å². The number of carbonyl (C=O) groups is 1. The summed E-state index contributed by atoms with van der Waals surface area (Å²) in [5, 5.41) is 12.0. The summed E-state index contributed by atoms with van der Waals surface area (Å²) in [6.45, 7) is 5.94. The Morgan fingerprint density at radius 1 is 1.53 bits per heavy atom. The average Bonchev–Trinajstić information content (AvgIpc) is 2.37. The number of nitrogens with one attached hydrogen (secondary N) is 1. The van der Waals surface area contributed by atoms with Gasteiger partial charge in [-0.3, -0.25) is 9.78 Å². The molecule has 0 aliphatic rings. The highest BCUT2D eigenvalue weighted by Crippen LogP contribution is 2.19. The Balaban J connectivity index is 2.74. The van der Waals surface area contributed by atoms with Gasteiger partial charge in [0.1, 0.15) is 0 Å². The van der Waals surface area contributed by atoms with Crippen molar-refractivity contribution in [3.8, 4) is 0 Å². The van der Waals surface area contributed by atoms with Gasteiger partial charge in [0.25, 0.3) is 0 Å². The minimum Gasteiger partial charge on any atom is -0.392 e. The van der Waals surface area contributed by atoms with Crippen molar-refractivity contribution in [2.75, 3.05) is 5.32 Å². The van der Waals surface area contributed by atoms with Crippen molar-refractivity contribution in [1.29, 1.82) is 0 Å². The Morgan fingerprint density at radius 2 is 2.24 bits per heavy atom. The summed E-state index contributed by atoms with van der Waals surface area (Å²) in [6, 6.07) is 1.70. The zero-order valence-electron chi connectivity index (χ0n) is 10.6. The van der Waals surface area contributed by atoms with Crippen LogP contribution >= 0.6 is 0 Å². The standard InChI is InChI=1S/C13H20N2O2/c1-4-9(2)10(3)13(17)15-12-7-14-6-5-11(12)8-16/h5-7,9-10,16H,4,8H2,1-3H3,(H,15,17). The Kier molecular flexibility index (Phi) is 5.10. The second-order valence-electron chi connectivity index (χ2n) is 4.35. The monoisotopic (exact) mass is 236 g/mol. The lowest BCUT2D eigenvalue weighted by molar-refractivity contribution is -0.120. The Morgan fingerprint density at radius 3 is 2.82 bits per heavy atom. The zero-order chi connectivity index (χ0) is 12.8. The number of aliphatic hydroxyl groups is 1. The molecule has 1 aromatic heterocycles. The molecule has 0 aliphatic carbocycles. The summed E-state index contributed by atoms with van der Waals surface area (Å²) in [7, 11) is 0. The smallest absolute Gasteiger partial charge is 0.227 e. The second-order valence-corrected chi connectivity index (χ2v) is 4.35. The molecule has 0 aromatic carbocycles. The Hall–Kier alpha value is -1.42. The highest BCUT2D eigenvalue weighted by Gasteiger charge is 2.19. The fourth-order valence-corrected chi connectivity index (χ4v) is 1.53. The van der Waals surface area contributed by atoms with Crippen LogP contribution in [0.15, 0.2) is 18.5 Å². The van der Waals surface area contributed by atoms with Crippen molar-refractivity contribution >= 4 is 11.6 Å². The van der Waals surface area contributed by atoms with Crippen LogP contribution in [-0.2, 0) is 11.4 Å². The minimum atomic E-state index is -0.101. The fourth-order valence-electron chi connectivity index (χ4n) is 1.53. The van der Waals surface area contributed by atoms with Crippen molar-refractivity contribution in [2.45, 2.75) is 33.8 Å². The maximum absolute atomic E-state index is 12.0. The summed E-state index contributed by atoms with van der Waals surface area (Å²) in [4.78, 5) is 15.9. The molecule has 0 saturated heterocycles. The molecule has 0 bridgehead atoms. The van der Waals surface area contributed by atoms with Gasteiger partial charge in [0.05, 0.1) is 18.5 Å². The molecule has 4 nitrogen and oxygen atoms in total. The summed E-state index contributed by atoms with van der Waals surface area (Å²) in [5.74, 6) is 0.262. The summed E-state index contributed by atoms with van der Waals surface area (Å²) >= 11 is 0. The molecule has 0 aliphatic heterocycles. The number of aromatic nitrogens is 1. The number of carbonyl (C=O) groups excluding carboxylic acids is 1. The van der Waals surface area contributed by atoms with E-state index in [2.05, 4.69) is 24.1 Å². The summed E-state index contributed by atoms with van der Waals surface area (Å²) in [6.07, 6.45) is 4.13. The summed E-state index contributed by atoms with van der Waals surface area (Å²) < 4.78 is 0. The molecule has 1 amide bonds. The zero-order valence-corrected chi connectivity index (χ0v) is 10.6. The first-order valence-corrected chi connectivity index (χ1v) is 5.94. The van der Waals surface area contributed by atoms with Gasteiger partial charge in [-0.05, 0) is 12.0 Å². The Bertz CT molecular complexity index is 379. The molecule has 2 N–H and O–H groups in total. The van der Waals surface area contributed by atoms with E-state index in [9.17, 15) is 4.79 Å².